The maximum atomic E-state index is 12.1. The van der Waals surface area contributed by atoms with E-state index in [2.05, 4.69) is 5.43 Å². The second kappa shape index (κ2) is 9.80. The topological polar surface area (TPSA) is 154 Å². The number of carbonyl (C=O) groups is 2. The highest BCUT2D eigenvalue weighted by Gasteiger charge is 2.20. The first-order valence-corrected chi connectivity index (χ1v) is 9.15. The van der Waals surface area contributed by atoms with Gasteiger partial charge < -0.3 is 4.74 Å². The Hall–Kier alpha value is -4.80. The van der Waals surface area contributed by atoms with Crippen LogP contribution in [0.4, 0.5) is 11.4 Å². The molecule has 0 spiro atoms. The van der Waals surface area contributed by atoms with Crippen molar-refractivity contribution in [2.75, 3.05) is 6.61 Å². The molecule has 2 N–H and O–H groups in total. The average molecular weight is 436 g/mol. The second-order valence-corrected chi connectivity index (χ2v) is 6.43. The first-order chi connectivity index (χ1) is 15.3. The number of non-ortho nitro benzene ring substituents is 2. The molecule has 0 heterocycles. The molecule has 0 radical (unpaired) electrons. The molecule has 0 saturated heterocycles. The molecular formula is C21H16N4O7. The number of rotatable bonds is 7. The van der Waals surface area contributed by atoms with E-state index in [1.807, 2.05) is 47.9 Å². The zero-order valence-corrected chi connectivity index (χ0v) is 16.4. The molecule has 0 fully saturated rings. The number of carbonyl (C=O) groups excluding carboxylic acids is 2. The van der Waals surface area contributed by atoms with Crippen molar-refractivity contribution in [3.05, 3.63) is 98.6 Å². The van der Waals surface area contributed by atoms with E-state index in [1.165, 1.54) is 0 Å². The zero-order chi connectivity index (χ0) is 23.1. The highest BCUT2D eigenvalue weighted by atomic mass is 16.6. The monoisotopic (exact) mass is 436 g/mol. The van der Waals surface area contributed by atoms with Gasteiger partial charge in [-0.15, -0.1) is 0 Å². The van der Waals surface area contributed by atoms with Gasteiger partial charge in [0.1, 0.15) is 5.75 Å². The summed E-state index contributed by atoms with van der Waals surface area (Å²) < 4.78 is 5.36. The van der Waals surface area contributed by atoms with Crippen LogP contribution in [-0.4, -0.2) is 28.3 Å². The van der Waals surface area contributed by atoms with Crippen LogP contribution in [0.3, 0.4) is 0 Å². The maximum Gasteiger partial charge on any atom is 0.277 e. The van der Waals surface area contributed by atoms with Gasteiger partial charge in [-0.2, -0.15) is 0 Å². The molecule has 3 rings (SSSR count). The van der Waals surface area contributed by atoms with Crippen LogP contribution in [0.25, 0.3) is 11.1 Å². The third-order valence-corrected chi connectivity index (χ3v) is 4.23. The Labute approximate surface area is 180 Å². The van der Waals surface area contributed by atoms with Crippen molar-refractivity contribution in [3.63, 3.8) is 0 Å². The highest BCUT2D eigenvalue weighted by Crippen LogP contribution is 2.23. The number of hydrogen-bond acceptors (Lipinski definition) is 7. The van der Waals surface area contributed by atoms with E-state index in [0.717, 1.165) is 29.3 Å². The Kier molecular flexibility index (Phi) is 6.71. The van der Waals surface area contributed by atoms with E-state index >= 15 is 0 Å². The van der Waals surface area contributed by atoms with Crippen LogP contribution in [0.1, 0.15) is 10.4 Å². The number of nitrogens with one attached hydrogen (secondary N) is 2. The number of nitrogens with zero attached hydrogens (tertiary/aromatic N) is 2. The summed E-state index contributed by atoms with van der Waals surface area (Å²) in [6.45, 7) is -0.417. The SMILES string of the molecule is O=C(COc1ccc(-c2ccccc2)cc1)NNC(=O)c1cc([N+](=O)[O-])cc([N+](=O)[O-])c1. The molecule has 0 aromatic heterocycles. The van der Waals surface area contributed by atoms with E-state index in [9.17, 15) is 29.8 Å². The fraction of sp³-hybridized carbons (Fsp3) is 0.0476. The normalized spacial score (nSPS) is 10.1. The first-order valence-electron chi connectivity index (χ1n) is 9.15. The minimum atomic E-state index is -0.961. The summed E-state index contributed by atoms with van der Waals surface area (Å²) in [5.41, 5.74) is 4.51. The summed E-state index contributed by atoms with van der Waals surface area (Å²) in [6, 6.07) is 19.2. The van der Waals surface area contributed by atoms with Gasteiger partial charge >= 0.3 is 0 Å². The summed E-state index contributed by atoms with van der Waals surface area (Å²) in [4.78, 5) is 44.1. The molecule has 0 aliphatic heterocycles. The van der Waals surface area contributed by atoms with Crippen LogP contribution in [0.5, 0.6) is 5.75 Å². The van der Waals surface area contributed by atoms with Crippen LogP contribution < -0.4 is 15.6 Å². The molecule has 2 amide bonds. The van der Waals surface area contributed by atoms with E-state index in [4.69, 9.17) is 4.74 Å². The molecule has 0 saturated carbocycles. The van der Waals surface area contributed by atoms with Crippen molar-refractivity contribution in [1.29, 1.82) is 0 Å². The molecule has 0 aliphatic rings. The van der Waals surface area contributed by atoms with Crippen molar-refractivity contribution in [2.24, 2.45) is 0 Å². The van der Waals surface area contributed by atoms with Crippen molar-refractivity contribution in [1.82, 2.24) is 10.9 Å². The van der Waals surface area contributed by atoms with Gasteiger partial charge in [-0.3, -0.25) is 40.7 Å². The summed E-state index contributed by atoms with van der Waals surface area (Å²) in [7, 11) is 0. The van der Waals surface area contributed by atoms with Crippen LogP contribution in [0.15, 0.2) is 72.8 Å². The minimum absolute atomic E-state index is 0.358. The van der Waals surface area contributed by atoms with E-state index < -0.39 is 39.6 Å². The fourth-order valence-corrected chi connectivity index (χ4v) is 2.69. The fourth-order valence-electron chi connectivity index (χ4n) is 2.69. The van der Waals surface area contributed by atoms with Gasteiger partial charge in [-0.05, 0) is 23.3 Å². The van der Waals surface area contributed by atoms with Crippen molar-refractivity contribution < 1.29 is 24.2 Å². The van der Waals surface area contributed by atoms with Crippen molar-refractivity contribution in [3.8, 4) is 16.9 Å². The summed E-state index contributed by atoms with van der Waals surface area (Å²) in [5.74, 6) is -1.23. The average Bonchev–Trinajstić information content (AvgIpc) is 2.81. The smallest absolute Gasteiger partial charge is 0.277 e. The predicted octanol–water partition coefficient (Wildman–Crippen LogP) is 3.01. The van der Waals surface area contributed by atoms with E-state index in [0.29, 0.717) is 5.75 Å². The number of hydrogen-bond donors (Lipinski definition) is 2. The highest BCUT2D eigenvalue weighted by molar-refractivity contribution is 5.96. The lowest BCUT2D eigenvalue weighted by Gasteiger charge is -2.09. The summed E-state index contributed by atoms with van der Waals surface area (Å²) in [6.07, 6.45) is 0. The number of hydrazine groups is 1. The molecular weight excluding hydrogens is 420 g/mol. The lowest BCUT2D eigenvalue weighted by Crippen LogP contribution is -2.43. The Morgan fingerprint density at radius 3 is 1.91 bits per heavy atom. The Morgan fingerprint density at radius 1 is 0.781 bits per heavy atom. The number of benzene rings is 3. The zero-order valence-electron chi connectivity index (χ0n) is 16.4. The summed E-state index contributed by atoms with van der Waals surface area (Å²) in [5, 5.41) is 21.8. The number of nitro benzene ring substituents is 2. The molecule has 3 aromatic rings. The molecule has 0 atom stereocenters. The molecule has 11 heteroatoms. The second-order valence-electron chi connectivity index (χ2n) is 6.43. The van der Waals surface area contributed by atoms with Crippen molar-refractivity contribution >= 4 is 23.2 Å². The Bertz CT molecular complexity index is 1130. The third-order valence-electron chi connectivity index (χ3n) is 4.23. The predicted molar refractivity (Wildman–Crippen MR) is 113 cm³/mol. The van der Waals surface area contributed by atoms with E-state index in [1.54, 1.807) is 12.1 Å². The Morgan fingerprint density at radius 2 is 1.34 bits per heavy atom. The van der Waals surface area contributed by atoms with Gasteiger partial charge in [-0.25, -0.2) is 0 Å². The molecule has 162 valence electrons. The quantitative estimate of drug-likeness (QED) is 0.426. The van der Waals surface area contributed by atoms with Crippen molar-refractivity contribution in [2.45, 2.75) is 0 Å². The van der Waals surface area contributed by atoms with Gasteiger partial charge in [0.2, 0.25) is 0 Å². The molecule has 11 nitrogen and oxygen atoms in total. The molecule has 0 bridgehead atoms. The van der Waals surface area contributed by atoms with Crippen LogP contribution >= 0.6 is 0 Å². The van der Waals surface area contributed by atoms with Crippen LogP contribution in [0, 0.1) is 20.2 Å². The van der Waals surface area contributed by atoms with Crippen LogP contribution in [-0.2, 0) is 4.79 Å². The number of ether oxygens (including phenoxy) is 1. The van der Waals surface area contributed by atoms with Gasteiger partial charge in [0.05, 0.1) is 21.5 Å². The number of nitro groups is 2. The first kappa shape index (κ1) is 21.9. The van der Waals surface area contributed by atoms with Gasteiger partial charge in [0, 0.05) is 12.1 Å². The Balaban J connectivity index is 1.54. The largest absolute Gasteiger partial charge is 0.484 e. The van der Waals surface area contributed by atoms with Crippen LogP contribution in [0.2, 0.25) is 0 Å². The third kappa shape index (κ3) is 5.63. The van der Waals surface area contributed by atoms with Gasteiger partial charge in [0.25, 0.3) is 23.2 Å². The van der Waals surface area contributed by atoms with Gasteiger partial charge in [0.15, 0.2) is 6.61 Å². The summed E-state index contributed by atoms with van der Waals surface area (Å²) >= 11 is 0. The minimum Gasteiger partial charge on any atom is -0.484 e. The molecule has 0 aliphatic carbocycles. The number of amides is 2. The standard InChI is InChI=1S/C21H16N4O7/c26-20(13-32-19-8-6-15(7-9-19)14-4-2-1-3-5-14)22-23-21(27)16-10-17(24(28)29)12-18(11-16)25(30)31/h1-12H,13H2,(H,22,26)(H,23,27). The lowest BCUT2D eigenvalue weighted by molar-refractivity contribution is -0.394. The molecule has 3 aromatic carbocycles. The molecule has 0 unspecified atom stereocenters. The maximum absolute atomic E-state index is 12.1. The van der Waals surface area contributed by atoms with Gasteiger partial charge in [-0.1, -0.05) is 42.5 Å². The lowest BCUT2D eigenvalue weighted by atomic mass is 10.1. The molecule has 32 heavy (non-hydrogen) atoms. The van der Waals surface area contributed by atoms with E-state index in [-0.39, 0.29) is 5.56 Å².